The average molecular weight is 262 g/mol. The van der Waals surface area contributed by atoms with Gasteiger partial charge in [0.1, 0.15) is 0 Å². The highest BCUT2D eigenvalue weighted by Crippen LogP contribution is 2.28. The maximum absolute atomic E-state index is 12.3. The molecule has 1 N–H and O–H groups in total. The molecule has 0 aromatic heterocycles. The molecule has 5 heteroatoms. The van der Waals surface area contributed by atoms with Gasteiger partial charge < -0.3 is 10.0 Å². The number of carbonyl (C=O) groups is 2. The number of aliphatic carboxylic acids is 1. The van der Waals surface area contributed by atoms with Gasteiger partial charge >= 0.3 is 12.0 Å². The molecule has 1 aromatic rings. The quantitative estimate of drug-likeness (QED) is 0.904. The lowest BCUT2D eigenvalue weighted by atomic mass is 10.2. The second kappa shape index (κ2) is 5.30. The highest BCUT2D eigenvalue weighted by Gasteiger charge is 2.27. The molecular weight excluding hydrogens is 244 g/mol. The number of carboxylic acid groups (broad SMARTS) is 1. The van der Waals surface area contributed by atoms with Gasteiger partial charge in [-0.3, -0.25) is 9.69 Å². The highest BCUT2D eigenvalue weighted by atomic mass is 16.4. The standard InChI is InChI=1S/C14H18N2O3/c1-10(13(17)18)9-15(2)14(19)16-8-7-11-5-3-4-6-12(11)16/h3-6,10H,7-9H2,1-2H3,(H,17,18). The molecule has 0 radical (unpaired) electrons. The minimum absolute atomic E-state index is 0.141. The van der Waals surface area contributed by atoms with E-state index < -0.39 is 11.9 Å². The second-order valence-electron chi connectivity index (χ2n) is 4.93. The third-order valence-electron chi connectivity index (χ3n) is 3.41. The third kappa shape index (κ3) is 2.70. The van der Waals surface area contributed by atoms with Crippen molar-refractivity contribution < 1.29 is 14.7 Å². The maximum atomic E-state index is 12.3. The summed E-state index contributed by atoms with van der Waals surface area (Å²) in [6.45, 7) is 2.47. The summed E-state index contributed by atoms with van der Waals surface area (Å²) in [4.78, 5) is 26.3. The molecule has 0 bridgehead atoms. The Bertz CT molecular complexity index is 501. The molecule has 0 spiro atoms. The van der Waals surface area contributed by atoms with Crippen LogP contribution in [-0.2, 0) is 11.2 Å². The van der Waals surface area contributed by atoms with Gasteiger partial charge in [-0.2, -0.15) is 0 Å². The zero-order chi connectivity index (χ0) is 14.0. The van der Waals surface area contributed by atoms with Crippen LogP contribution in [0.4, 0.5) is 10.5 Å². The molecule has 5 nitrogen and oxygen atoms in total. The molecule has 0 saturated heterocycles. The van der Waals surface area contributed by atoms with Gasteiger partial charge in [0.05, 0.1) is 5.92 Å². The fourth-order valence-electron chi connectivity index (χ4n) is 2.31. The summed E-state index contributed by atoms with van der Waals surface area (Å²) in [5.41, 5.74) is 2.10. The number of carboxylic acids is 1. The van der Waals surface area contributed by atoms with Crippen molar-refractivity contribution in [1.29, 1.82) is 0 Å². The molecule has 102 valence electrons. The number of carbonyl (C=O) groups excluding carboxylic acids is 1. The van der Waals surface area contributed by atoms with Crippen LogP contribution in [0, 0.1) is 5.92 Å². The van der Waals surface area contributed by atoms with Crippen molar-refractivity contribution in [3.63, 3.8) is 0 Å². The zero-order valence-corrected chi connectivity index (χ0v) is 11.2. The number of para-hydroxylation sites is 1. The molecule has 1 unspecified atom stereocenters. The molecule has 1 aliphatic heterocycles. The van der Waals surface area contributed by atoms with Crippen molar-refractivity contribution in [2.24, 2.45) is 5.92 Å². The van der Waals surface area contributed by atoms with E-state index in [2.05, 4.69) is 0 Å². The normalized spacial score (nSPS) is 14.9. The lowest BCUT2D eigenvalue weighted by Gasteiger charge is -2.26. The molecule has 1 heterocycles. The van der Waals surface area contributed by atoms with E-state index >= 15 is 0 Å². The Morgan fingerprint density at radius 2 is 2.11 bits per heavy atom. The fourth-order valence-corrected chi connectivity index (χ4v) is 2.31. The first-order valence-corrected chi connectivity index (χ1v) is 6.34. The van der Waals surface area contributed by atoms with Crippen LogP contribution >= 0.6 is 0 Å². The second-order valence-corrected chi connectivity index (χ2v) is 4.93. The van der Waals surface area contributed by atoms with Crippen LogP contribution in [0.2, 0.25) is 0 Å². The first-order chi connectivity index (χ1) is 9.00. The van der Waals surface area contributed by atoms with Gasteiger partial charge in [-0.15, -0.1) is 0 Å². The van der Waals surface area contributed by atoms with E-state index in [0.717, 1.165) is 17.7 Å². The number of benzene rings is 1. The summed E-state index contributed by atoms with van der Waals surface area (Å²) in [6.07, 6.45) is 0.851. The van der Waals surface area contributed by atoms with Crippen LogP contribution in [0.1, 0.15) is 12.5 Å². The first-order valence-electron chi connectivity index (χ1n) is 6.34. The van der Waals surface area contributed by atoms with E-state index in [1.165, 1.54) is 4.90 Å². The Kier molecular flexibility index (Phi) is 3.74. The molecule has 1 aromatic carbocycles. The van der Waals surface area contributed by atoms with Crippen molar-refractivity contribution >= 4 is 17.7 Å². The average Bonchev–Trinajstić information content (AvgIpc) is 2.81. The molecule has 1 atom stereocenters. The molecule has 19 heavy (non-hydrogen) atoms. The fraction of sp³-hybridized carbons (Fsp3) is 0.429. The summed E-state index contributed by atoms with van der Waals surface area (Å²) in [7, 11) is 1.64. The predicted octanol–water partition coefficient (Wildman–Crippen LogP) is 1.82. The SMILES string of the molecule is CC(CN(C)C(=O)N1CCc2ccccc21)C(=O)O. The predicted molar refractivity (Wildman–Crippen MR) is 72.3 cm³/mol. The van der Waals surface area contributed by atoms with Crippen molar-refractivity contribution in [1.82, 2.24) is 4.90 Å². The van der Waals surface area contributed by atoms with Gasteiger partial charge in [-0.25, -0.2) is 4.79 Å². The number of fused-ring (bicyclic) bond motifs is 1. The lowest BCUT2D eigenvalue weighted by Crippen LogP contribution is -2.43. The molecule has 0 aliphatic carbocycles. The number of anilines is 1. The van der Waals surface area contributed by atoms with Gasteiger partial charge in [0.25, 0.3) is 0 Å². The maximum Gasteiger partial charge on any atom is 0.324 e. The summed E-state index contributed by atoms with van der Waals surface area (Å²) in [6, 6.07) is 7.67. The van der Waals surface area contributed by atoms with Gasteiger partial charge in [0.2, 0.25) is 0 Å². The monoisotopic (exact) mass is 262 g/mol. The van der Waals surface area contributed by atoms with Gasteiger partial charge in [-0.1, -0.05) is 25.1 Å². The van der Waals surface area contributed by atoms with Crippen molar-refractivity contribution in [2.45, 2.75) is 13.3 Å². The molecule has 0 fully saturated rings. The number of hydrogen-bond donors (Lipinski definition) is 1. The minimum atomic E-state index is -0.888. The molecule has 1 aliphatic rings. The van der Waals surface area contributed by atoms with Gasteiger partial charge in [-0.05, 0) is 18.1 Å². The Hall–Kier alpha value is -2.04. The number of amides is 2. The van der Waals surface area contributed by atoms with E-state index in [0.29, 0.717) is 6.54 Å². The topological polar surface area (TPSA) is 60.9 Å². The Morgan fingerprint density at radius 3 is 2.79 bits per heavy atom. The summed E-state index contributed by atoms with van der Waals surface area (Å²) in [5, 5.41) is 8.88. The Labute approximate surface area is 112 Å². The van der Waals surface area contributed by atoms with Crippen LogP contribution in [0.5, 0.6) is 0 Å². The smallest absolute Gasteiger partial charge is 0.324 e. The molecule has 0 saturated carbocycles. The Morgan fingerprint density at radius 1 is 1.42 bits per heavy atom. The van der Waals surface area contributed by atoms with E-state index in [4.69, 9.17) is 5.11 Å². The van der Waals surface area contributed by atoms with Crippen LogP contribution in [0.25, 0.3) is 0 Å². The summed E-state index contributed by atoms with van der Waals surface area (Å²) in [5.74, 6) is -1.45. The first kappa shape index (κ1) is 13.4. The van der Waals surface area contributed by atoms with Crippen molar-refractivity contribution in [3.8, 4) is 0 Å². The van der Waals surface area contributed by atoms with E-state index in [1.807, 2.05) is 24.3 Å². The Balaban J connectivity index is 2.07. The third-order valence-corrected chi connectivity index (χ3v) is 3.41. The lowest BCUT2D eigenvalue weighted by molar-refractivity contribution is -0.141. The van der Waals surface area contributed by atoms with Crippen molar-refractivity contribution in [3.05, 3.63) is 29.8 Å². The minimum Gasteiger partial charge on any atom is -0.481 e. The van der Waals surface area contributed by atoms with Crippen molar-refractivity contribution in [2.75, 3.05) is 25.0 Å². The van der Waals surface area contributed by atoms with E-state index in [9.17, 15) is 9.59 Å². The number of rotatable bonds is 3. The summed E-state index contributed by atoms with van der Waals surface area (Å²) >= 11 is 0. The van der Waals surface area contributed by atoms with E-state index in [1.54, 1.807) is 18.9 Å². The number of hydrogen-bond acceptors (Lipinski definition) is 2. The van der Waals surface area contributed by atoms with Gasteiger partial charge in [0, 0.05) is 25.8 Å². The number of nitrogens with zero attached hydrogens (tertiary/aromatic N) is 2. The molecule has 2 amide bonds. The zero-order valence-electron chi connectivity index (χ0n) is 11.2. The van der Waals surface area contributed by atoms with E-state index in [-0.39, 0.29) is 12.6 Å². The van der Waals surface area contributed by atoms with Crippen LogP contribution in [0.15, 0.2) is 24.3 Å². The number of urea groups is 1. The van der Waals surface area contributed by atoms with Crippen LogP contribution in [0.3, 0.4) is 0 Å². The molecule has 2 rings (SSSR count). The summed E-state index contributed by atoms with van der Waals surface area (Å²) < 4.78 is 0. The highest BCUT2D eigenvalue weighted by molar-refractivity contribution is 5.94. The van der Waals surface area contributed by atoms with Crippen LogP contribution < -0.4 is 4.90 Å². The van der Waals surface area contributed by atoms with Gasteiger partial charge in [0.15, 0.2) is 0 Å². The van der Waals surface area contributed by atoms with Crippen LogP contribution in [-0.4, -0.2) is 42.1 Å². The molecular formula is C14H18N2O3. The largest absolute Gasteiger partial charge is 0.481 e.